The summed E-state index contributed by atoms with van der Waals surface area (Å²) >= 11 is 0. The largest absolute Gasteiger partial charge is 0.493 e. The van der Waals surface area contributed by atoms with Crippen molar-refractivity contribution >= 4 is 5.97 Å². The molecule has 1 aromatic rings. The van der Waals surface area contributed by atoms with Crippen LogP contribution in [0, 0.1) is 12.3 Å². The summed E-state index contributed by atoms with van der Waals surface area (Å²) in [6.07, 6.45) is 6.16. The second kappa shape index (κ2) is 5.56. The number of rotatable bonds is 5. The number of carbonyl (C=O) groups is 1. The van der Waals surface area contributed by atoms with Gasteiger partial charge in [0.2, 0.25) is 0 Å². The van der Waals surface area contributed by atoms with Crippen molar-refractivity contribution in [3.8, 4) is 18.1 Å². The van der Waals surface area contributed by atoms with Gasteiger partial charge in [0.15, 0.2) is 0 Å². The van der Waals surface area contributed by atoms with Crippen LogP contribution in [0.25, 0.3) is 0 Å². The Morgan fingerprint density at radius 2 is 2.39 bits per heavy atom. The third-order valence-corrected chi connectivity index (χ3v) is 2.83. The van der Waals surface area contributed by atoms with Crippen molar-refractivity contribution in [2.24, 2.45) is 0 Å². The Labute approximate surface area is 106 Å². The van der Waals surface area contributed by atoms with Gasteiger partial charge in [0.1, 0.15) is 5.75 Å². The highest BCUT2D eigenvalue weighted by Crippen LogP contribution is 2.26. The van der Waals surface area contributed by atoms with E-state index in [2.05, 4.69) is 12.0 Å². The molecule has 0 spiro atoms. The number of fused-ring (bicyclic) bond motifs is 1. The highest BCUT2D eigenvalue weighted by molar-refractivity contribution is 5.69. The minimum Gasteiger partial charge on any atom is -0.493 e. The van der Waals surface area contributed by atoms with Gasteiger partial charge in [-0.3, -0.25) is 9.69 Å². The molecule has 0 amide bonds. The van der Waals surface area contributed by atoms with Gasteiger partial charge in [-0.2, -0.15) is 0 Å². The molecule has 18 heavy (non-hydrogen) atoms. The molecule has 1 aromatic carbocycles. The molecule has 0 bridgehead atoms. The van der Waals surface area contributed by atoms with Gasteiger partial charge in [0.25, 0.3) is 0 Å². The summed E-state index contributed by atoms with van der Waals surface area (Å²) in [6.45, 7) is 1.56. The lowest BCUT2D eigenvalue weighted by atomic mass is 10.1. The second-order valence-corrected chi connectivity index (χ2v) is 4.28. The van der Waals surface area contributed by atoms with E-state index in [4.69, 9.17) is 16.3 Å². The summed E-state index contributed by atoms with van der Waals surface area (Å²) in [4.78, 5) is 12.5. The zero-order chi connectivity index (χ0) is 13.0. The number of hydrogen-bond acceptors (Lipinski definition) is 3. The minimum atomic E-state index is -0.866. The zero-order valence-electron chi connectivity index (χ0n) is 10.1. The van der Waals surface area contributed by atoms with Crippen LogP contribution in [0.4, 0.5) is 0 Å². The van der Waals surface area contributed by atoms with Gasteiger partial charge in [0.05, 0.1) is 19.7 Å². The predicted octanol–water partition coefficient (Wildman–Crippen LogP) is 1.14. The lowest BCUT2D eigenvalue weighted by Crippen LogP contribution is -2.29. The maximum Gasteiger partial charge on any atom is 0.317 e. The molecular formula is C14H15NO3. The van der Waals surface area contributed by atoms with Gasteiger partial charge >= 0.3 is 5.97 Å². The third-order valence-electron chi connectivity index (χ3n) is 2.83. The van der Waals surface area contributed by atoms with Crippen LogP contribution in [0.1, 0.15) is 11.1 Å². The molecule has 94 valence electrons. The first kappa shape index (κ1) is 12.5. The number of ether oxygens (including phenoxy) is 1. The standard InChI is InChI=1S/C14H15NO3/c1-2-6-15(10-14(16)17)9-11-3-4-13-12(8-11)5-7-18-13/h1,3-4,8H,5-7,9-10H2,(H,16,17). The van der Waals surface area contributed by atoms with Crippen LogP contribution >= 0.6 is 0 Å². The van der Waals surface area contributed by atoms with Gasteiger partial charge < -0.3 is 9.84 Å². The minimum absolute atomic E-state index is 0.0439. The summed E-state index contributed by atoms with van der Waals surface area (Å²) in [5.74, 6) is 2.55. The molecule has 2 rings (SSSR count). The van der Waals surface area contributed by atoms with Gasteiger partial charge in [-0.05, 0) is 17.2 Å². The van der Waals surface area contributed by atoms with Gasteiger partial charge in [0, 0.05) is 13.0 Å². The number of carboxylic acid groups (broad SMARTS) is 1. The van der Waals surface area contributed by atoms with Crippen molar-refractivity contribution in [1.82, 2.24) is 4.90 Å². The number of hydrogen-bond donors (Lipinski definition) is 1. The van der Waals surface area contributed by atoms with Crippen molar-refractivity contribution in [1.29, 1.82) is 0 Å². The van der Waals surface area contributed by atoms with E-state index in [-0.39, 0.29) is 6.54 Å². The molecule has 0 atom stereocenters. The van der Waals surface area contributed by atoms with E-state index >= 15 is 0 Å². The predicted molar refractivity (Wildman–Crippen MR) is 67.4 cm³/mol. The Balaban J connectivity index is 2.06. The van der Waals surface area contributed by atoms with Crippen molar-refractivity contribution in [2.45, 2.75) is 13.0 Å². The van der Waals surface area contributed by atoms with E-state index < -0.39 is 5.97 Å². The Morgan fingerprint density at radius 1 is 1.56 bits per heavy atom. The van der Waals surface area contributed by atoms with E-state index in [1.54, 1.807) is 4.90 Å². The highest BCUT2D eigenvalue weighted by Gasteiger charge is 2.14. The van der Waals surface area contributed by atoms with Crippen LogP contribution in [0.3, 0.4) is 0 Å². The van der Waals surface area contributed by atoms with Crippen LogP contribution in [0.5, 0.6) is 5.75 Å². The van der Waals surface area contributed by atoms with Crippen LogP contribution in [-0.2, 0) is 17.8 Å². The third kappa shape index (κ3) is 3.02. The molecule has 0 fully saturated rings. The smallest absolute Gasteiger partial charge is 0.317 e. The normalized spacial score (nSPS) is 12.9. The lowest BCUT2D eigenvalue weighted by Gasteiger charge is -2.17. The van der Waals surface area contributed by atoms with E-state index in [0.717, 1.165) is 24.3 Å². The second-order valence-electron chi connectivity index (χ2n) is 4.28. The Kier molecular flexibility index (Phi) is 3.85. The van der Waals surface area contributed by atoms with Crippen LogP contribution in [-0.4, -0.2) is 35.7 Å². The van der Waals surface area contributed by atoms with Crippen molar-refractivity contribution in [2.75, 3.05) is 19.7 Å². The molecule has 0 unspecified atom stereocenters. The Bertz CT molecular complexity index is 490. The van der Waals surface area contributed by atoms with E-state index in [1.165, 1.54) is 5.56 Å². The molecule has 0 aliphatic carbocycles. The maximum atomic E-state index is 10.7. The lowest BCUT2D eigenvalue weighted by molar-refractivity contribution is -0.138. The molecule has 4 heteroatoms. The summed E-state index contributed by atoms with van der Waals surface area (Å²) < 4.78 is 5.43. The number of carboxylic acids is 1. The first-order chi connectivity index (χ1) is 8.69. The zero-order valence-corrected chi connectivity index (χ0v) is 10.1. The molecule has 1 aliphatic heterocycles. The SMILES string of the molecule is C#CCN(CC(=O)O)Cc1ccc2c(c1)CCO2. The summed E-state index contributed by atoms with van der Waals surface area (Å²) in [5, 5.41) is 8.81. The van der Waals surface area contributed by atoms with E-state index in [1.807, 2.05) is 12.1 Å². The van der Waals surface area contributed by atoms with Crippen molar-refractivity contribution in [3.05, 3.63) is 29.3 Å². The van der Waals surface area contributed by atoms with Gasteiger partial charge in [-0.1, -0.05) is 18.1 Å². The molecule has 1 aliphatic rings. The fraction of sp³-hybridized carbons (Fsp3) is 0.357. The maximum absolute atomic E-state index is 10.7. The van der Waals surface area contributed by atoms with Gasteiger partial charge in [-0.15, -0.1) is 6.42 Å². The molecular weight excluding hydrogens is 230 g/mol. The van der Waals surface area contributed by atoms with Gasteiger partial charge in [-0.25, -0.2) is 0 Å². The first-order valence-electron chi connectivity index (χ1n) is 5.81. The molecule has 0 saturated heterocycles. The molecule has 1 heterocycles. The fourth-order valence-electron chi connectivity index (χ4n) is 2.08. The Morgan fingerprint density at radius 3 is 3.11 bits per heavy atom. The highest BCUT2D eigenvalue weighted by atomic mass is 16.5. The topological polar surface area (TPSA) is 49.8 Å². The summed E-state index contributed by atoms with van der Waals surface area (Å²) in [7, 11) is 0. The average Bonchev–Trinajstić information content (AvgIpc) is 2.75. The molecule has 0 aromatic heterocycles. The summed E-state index contributed by atoms with van der Waals surface area (Å²) in [5.41, 5.74) is 2.25. The van der Waals surface area contributed by atoms with Crippen molar-refractivity contribution in [3.63, 3.8) is 0 Å². The van der Waals surface area contributed by atoms with Crippen molar-refractivity contribution < 1.29 is 14.6 Å². The number of benzene rings is 1. The number of aliphatic carboxylic acids is 1. The van der Waals surface area contributed by atoms with Crippen LogP contribution < -0.4 is 4.74 Å². The molecule has 0 radical (unpaired) electrons. The average molecular weight is 245 g/mol. The molecule has 1 N–H and O–H groups in total. The van der Waals surface area contributed by atoms with E-state index in [9.17, 15) is 4.79 Å². The van der Waals surface area contributed by atoms with E-state index in [0.29, 0.717) is 13.1 Å². The molecule has 0 saturated carbocycles. The monoisotopic (exact) mass is 245 g/mol. The number of terminal acetylenes is 1. The molecule has 4 nitrogen and oxygen atoms in total. The van der Waals surface area contributed by atoms with Crippen LogP contribution in [0.2, 0.25) is 0 Å². The first-order valence-corrected chi connectivity index (χ1v) is 5.81. The Hall–Kier alpha value is -1.99. The van der Waals surface area contributed by atoms with Crippen LogP contribution in [0.15, 0.2) is 18.2 Å². The summed E-state index contributed by atoms with van der Waals surface area (Å²) in [6, 6.07) is 5.95. The fourth-order valence-corrected chi connectivity index (χ4v) is 2.08. The quantitative estimate of drug-likeness (QED) is 0.790. The number of nitrogens with zero attached hydrogens (tertiary/aromatic N) is 1.